The molecule has 0 saturated carbocycles. The number of hydrogen-bond acceptors (Lipinski definition) is 6. The molecule has 154 valence electrons. The van der Waals surface area contributed by atoms with Crippen molar-refractivity contribution in [2.75, 3.05) is 26.6 Å². The summed E-state index contributed by atoms with van der Waals surface area (Å²) in [4.78, 5) is 23.8. The molecule has 8 nitrogen and oxygen atoms in total. The van der Waals surface area contributed by atoms with Crippen LogP contribution in [0.2, 0.25) is 0 Å². The molecular weight excluding hydrogens is 374 g/mol. The Balaban J connectivity index is 2.03. The van der Waals surface area contributed by atoms with Crippen LogP contribution in [0.3, 0.4) is 0 Å². The number of nitrogens with one attached hydrogen (secondary N) is 2. The fourth-order valence-corrected chi connectivity index (χ4v) is 2.56. The standard InChI is InChI=1S/C21H25N3O5/c1-5-6-19(25)23-16-9-7-15(8-10-16)21(26)24-22-13-14-11-17(27-2)20(29-4)18(12-14)28-3/h7-13H,5-6H2,1-4H3,(H,23,25)(H,24,26). The van der Waals surface area contributed by atoms with Crippen LogP contribution in [0.1, 0.15) is 35.7 Å². The van der Waals surface area contributed by atoms with E-state index < -0.39 is 0 Å². The molecule has 2 aromatic carbocycles. The second kappa shape index (κ2) is 10.7. The molecular formula is C21H25N3O5. The van der Waals surface area contributed by atoms with Crippen LogP contribution in [-0.4, -0.2) is 39.4 Å². The lowest BCUT2D eigenvalue weighted by molar-refractivity contribution is -0.116. The highest BCUT2D eigenvalue weighted by molar-refractivity contribution is 5.96. The number of hydrazone groups is 1. The topological polar surface area (TPSA) is 98.3 Å². The second-order valence-corrected chi connectivity index (χ2v) is 6.03. The number of rotatable bonds is 9. The van der Waals surface area contributed by atoms with Crippen molar-refractivity contribution in [3.8, 4) is 17.2 Å². The number of nitrogens with zero attached hydrogens (tertiary/aromatic N) is 1. The Morgan fingerprint density at radius 3 is 2.14 bits per heavy atom. The van der Waals surface area contributed by atoms with Crippen LogP contribution in [0, 0.1) is 0 Å². The maximum Gasteiger partial charge on any atom is 0.271 e. The van der Waals surface area contributed by atoms with E-state index in [1.165, 1.54) is 27.5 Å². The minimum atomic E-state index is -0.375. The first-order valence-electron chi connectivity index (χ1n) is 9.05. The third-order valence-electron chi connectivity index (χ3n) is 3.97. The van der Waals surface area contributed by atoms with Gasteiger partial charge in [-0.2, -0.15) is 5.10 Å². The van der Waals surface area contributed by atoms with Crippen LogP contribution >= 0.6 is 0 Å². The molecule has 0 fully saturated rings. The Hall–Kier alpha value is -3.55. The molecule has 0 bridgehead atoms. The largest absolute Gasteiger partial charge is 0.493 e. The van der Waals surface area contributed by atoms with E-state index in [4.69, 9.17) is 14.2 Å². The first-order valence-corrected chi connectivity index (χ1v) is 9.05. The summed E-state index contributed by atoms with van der Waals surface area (Å²) in [5.74, 6) is 1.02. The average molecular weight is 399 g/mol. The maximum atomic E-state index is 12.2. The number of benzene rings is 2. The molecule has 8 heteroatoms. The number of anilines is 1. The smallest absolute Gasteiger partial charge is 0.271 e. The molecule has 0 unspecified atom stereocenters. The molecule has 0 aliphatic carbocycles. The molecule has 29 heavy (non-hydrogen) atoms. The zero-order chi connectivity index (χ0) is 21.2. The lowest BCUT2D eigenvalue weighted by Gasteiger charge is -2.12. The SMILES string of the molecule is CCCC(=O)Nc1ccc(C(=O)NN=Cc2cc(OC)c(OC)c(OC)c2)cc1. The van der Waals surface area contributed by atoms with Crippen molar-refractivity contribution < 1.29 is 23.8 Å². The van der Waals surface area contributed by atoms with Crippen LogP contribution in [0.4, 0.5) is 5.69 Å². The van der Waals surface area contributed by atoms with E-state index in [1.807, 2.05) is 6.92 Å². The van der Waals surface area contributed by atoms with Crippen LogP contribution < -0.4 is 25.0 Å². The van der Waals surface area contributed by atoms with Gasteiger partial charge in [-0.3, -0.25) is 9.59 Å². The molecule has 0 spiro atoms. The fraction of sp³-hybridized carbons (Fsp3) is 0.286. The van der Waals surface area contributed by atoms with Gasteiger partial charge in [0, 0.05) is 23.2 Å². The van der Waals surface area contributed by atoms with Gasteiger partial charge in [0.25, 0.3) is 5.91 Å². The number of amides is 2. The molecule has 0 aliphatic rings. The van der Waals surface area contributed by atoms with Crippen molar-refractivity contribution in [1.29, 1.82) is 0 Å². The lowest BCUT2D eigenvalue weighted by Crippen LogP contribution is -2.17. The molecule has 0 saturated heterocycles. The molecule has 2 rings (SSSR count). The van der Waals surface area contributed by atoms with Crippen molar-refractivity contribution in [3.63, 3.8) is 0 Å². The molecule has 0 atom stereocenters. The van der Waals surface area contributed by atoms with Crippen molar-refractivity contribution in [3.05, 3.63) is 47.5 Å². The molecule has 0 heterocycles. The van der Waals surface area contributed by atoms with E-state index in [-0.39, 0.29) is 11.8 Å². The van der Waals surface area contributed by atoms with E-state index in [0.29, 0.717) is 40.5 Å². The first kappa shape index (κ1) is 21.7. The second-order valence-electron chi connectivity index (χ2n) is 6.03. The zero-order valence-corrected chi connectivity index (χ0v) is 16.9. The summed E-state index contributed by atoms with van der Waals surface area (Å²) in [6.45, 7) is 1.94. The van der Waals surface area contributed by atoms with Gasteiger partial charge in [0.2, 0.25) is 11.7 Å². The van der Waals surface area contributed by atoms with Gasteiger partial charge in [0.05, 0.1) is 27.5 Å². The van der Waals surface area contributed by atoms with Crippen LogP contribution in [0.5, 0.6) is 17.2 Å². The number of carbonyl (C=O) groups is 2. The monoisotopic (exact) mass is 399 g/mol. The highest BCUT2D eigenvalue weighted by Crippen LogP contribution is 2.37. The Kier molecular flexibility index (Phi) is 8.02. The maximum absolute atomic E-state index is 12.2. The van der Waals surface area contributed by atoms with E-state index >= 15 is 0 Å². The Labute approximate surface area is 169 Å². The fourth-order valence-electron chi connectivity index (χ4n) is 2.56. The lowest BCUT2D eigenvalue weighted by atomic mass is 10.2. The molecule has 0 aromatic heterocycles. The van der Waals surface area contributed by atoms with Crippen molar-refractivity contribution in [2.24, 2.45) is 5.10 Å². The summed E-state index contributed by atoms with van der Waals surface area (Å²) in [5, 5.41) is 6.74. The predicted molar refractivity (Wildman–Crippen MR) is 111 cm³/mol. The van der Waals surface area contributed by atoms with Gasteiger partial charge < -0.3 is 19.5 Å². The normalized spacial score (nSPS) is 10.5. The Morgan fingerprint density at radius 1 is 1.00 bits per heavy atom. The van der Waals surface area contributed by atoms with Gasteiger partial charge in [0.15, 0.2) is 11.5 Å². The van der Waals surface area contributed by atoms with E-state index in [2.05, 4.69) is 15.8 Å². The van der Waals surface area contributed by atoms with E-state index in [1.54, 1.807) is 36.4 Å². The molecule has 2 N–H and O–H groups in total. The summed E-state index contributed by atoms with van der Waals surface area (Å²) in [5.41, 5.74) is 4.18. The highest BCUT2D eigenvalue weighted by Gasteiger charge is 2.12. The van der Waals surface area contributed by atoms with Crippen molar-refractivity contribution >= 4 is 23.7 Å². The van der Waals surface area contributed by atoms with E-state index in [0.717, 1.165) is 6.42 Å². The Bertz CT molecular complexity index is 853. The van der Waals surface area contributed by atoms with Gasteiger partial charge in [-0.05, 0) is 42.8 Å². The van der Waals surface area contributed by atoms with Gasteiger partial charge in [-0.15, -0.1) is 0 Å². The molecule has 2 amide bonds. The Morgan fingerprint density at radius 2 is 1.62 bits per heavy atom. The average Bonchev–Trinajstić information content (AvgIpc) is 2.73. The summed E-state index contributed by atoms with van der Waals surface area (Å²) < 4.78 is 15.8. The van der Waals surface area contributed by atoms with Gasteiger partial charge in [-0.1, -0.05) is 6.92 Å². The molecule has 0 aliphatic heterocycles. The van der Waals surface area contributed by atoms with Crippen LogP contribution in [0.15, 0.2) is 41.5 Å². The molecule has 2 aromatic rings. The summed E-state index contributed by atoms with van der Waals surface area (Å²) in [6.07, 6.45) is 2.70. The highest BCUT2D eigenvalue weighted by atomic mass is 16.5. The van der Waals surface area contributed by atoms with Crippen molar-refractivity contribution in [1.82, 2.24) is 5.43 Å². The van der Waals surface area contributed by atoms with Gasteiger partial charge in [-0.25, -0.2) is 5.43 Å². The predicted octanol–water partition coefficient (Wildman–Crippen LogP) is 3.21. The minimum absolute atomic E-state index is 0.0559. The molecule has 0 radical (unpaired) electrons. The first-order chi connectivity index (χ1) is 14.0. The quantitative estimate of drug-likeness (QED) is 0.498. The van der Waals surface area contributed by atoms with Crippen LogP contribution in [0.25, 0.3) is 0 Å². The van der Waals surface area contributed by atoms with Gasteiger partial charge in [0.1, 0.15) is 0 Å². The third-order valence-corrected chi connectivity index (χ3v) is 3.97. The number of methoxy groups -OCH3 is 3. The van der Waals surface area contributed by atoms with Crippen molar-refractivity contribution in [2.45, 2.75) is 19.8 Å². The van der Waals surface area contributed by atoms with E-state index in [9.17, 15) is 9.59 Å². The number of carbonyl (C=O) groups excluding carboxylic acids is 2. The van der Waals surface area contributed by atoms with Crippen LogP contribution in [-0.2, 0) is 4.79 Å². The van der Waals surface area contributed by atoms with Gasteiger partial charge >= 0.3 is 0 Å². The summed E-state index contributed by atoms with van der Waals surface area (Å²) in [7, 11) is 4.57. The third kappa shape index (κ3) is 5.97. The minimum Gasteiger partial charge on any atom is -0.493 e. The number of ether oxygens (including phenoxy) is 3. The number of hydrogen-bond donors (Lipinski definition) is 2. The zero-order valence-electron chi connectivity index (χ0n) is 16.9. The summed E-state index contributed by atoms with van der Waals surface area (Å²) in [6, 6.07) is 10.0. The summed E-state index contributed by atoms with van der Waals surface area (Å²) >= 11 is 0.